The monoisotopic (exact) mass is 563 g/mol. The molecule has 33 heavy (non-hydrogen) atoms. The quantitative estimate of drug-likeness (QED) is 0.278. The fourth-order valence-electron chi connectivity index (χ4n) is 3.35. The Morgan fingerprint density at radius 3 is 2.21 bits per heavy atom. The number of aromatic nitrogens is 3. The van der Waals surface area contributed by atoms with Gasteiger partial charge in [-0.2, -0.15) is 18.3 Å². The molecule has 0 fully saturated rings. The molecule has 0 atom stereocenters. The number of nitrogens with zero attached hydrogens (tertiary/aromatic N) is 3. The van der Waals surface area contributed by atoms with Crippen molar-refractivity contribution in [3.8, 4) is 22.4 Å². The number of fused-ring (bicyclic) bond motifs is 1. The van der Waals surface area contributed by atoms with Crippen LogP contribution in [0.15, 0.2) is 54.7 Å². The number of hydrogen-bond acceptors (Lipinski definition) is 3. The van der Waals surface area contributed by atoms with E-state index in [9.17, 15) is 18.3 Å². The first kappa shape index (κ1) is 26.9. The van der Waals surface area contributed by atoms with Gasteiger partial charge in [-0.3, -0.25) is 0 Å². The van der Waals surface area contributed by atoms with Crippen molar-refractivity contribution in [1.29, 1.82) is 0 Å². The minimum atomic E-state index is -4.45. The van der Waals surface area contributed by atoms with Crippen LogP contribution >= 0.6 is 11.6 Å². The van der Waals surface area contributed by atoms with E-state index in [0.29, 0.717) is 44.3 Å². The third kappa shape index (κ3) is 5.27. The fourth-order valence-corrected chi connectivity index (χ4v) is 3.59. The van der Waals surface area contributed by atoms with E-state index in [1.807, 2.05) is 13.8 Å². The molecule has 0 amide bonds. The molecule has 0 spiro atoms. The number of rotatable bonds is 4. The molecule has 2 aromatic carbocycles. The zero-order chi connectivity index (χ0) is 23.5. The molecule has 1 radical (unpaired) electrons. The predicted molar refractivity (Wildman–Crippen MR) is 119 cm³/mol. The Morgan fingerprint density at radius 1 is 1.03 bits per heavy atom. The molecule has 2 N–H and O–H groups in total. The van der Waals surface area contributed by atoms with E-state index in [-0.39, 0.29) is 32.6 Å². The normalized spacial score (nSPS) is 11.0. The van der Waals surface area contributed by atoms with Gasteiger partial charge in [0, 0.05) is 33.5 Å². The summed E-state index contributed by atoms with van der Waals surface area (Å²) in [6.45, 7) is 3.47. The number of nitrogens with one attached hydrogen (secondary N) is 1. The minimum Gasteiger partial charge on any atom is -0.673 e. The summed E-state index contributed by atoms with van der Waals surface area (Å²) in [6.07, 6.45) is -2.89. The molecular weight excluding hydrogens is 542 g/mol. The predicted octanol–water partition coefficient (Wildman–Crippen LogP) is 6.80. The number of aliphatic hydroxyl groups excluding tert-OH is 1. The van der Waals surface area contributed by atoms with Crippen molar-refractivity contribution >= 4 is 17.2 Å². The van der Waals surface area contributed by atoms with Crippen molar-refractivity contribution in [1.82, 2.24) is 14.6 Å². The third-order valence-electron chi connectivity index (χ3n) is 4.80. The van der Waals surface area contributed by atoms with Gasteiger partial charge in [-0.15, -0.1) is 6.54 Å². The van der Waals surface area contributed by atoms with Crippen LogP contribution in [0, 0.1) is 0 Å². The van der Waals surface area contributed by atoms with Crippen LogP contribution in [0.1, 0.15) is 30.7 Å². The number of hydrogen-bond donors (Lipinski definition) is 1. The number of benzene rings is 2. The molecule has 175 valence electrons. The Balaban J connectivity index is 0.00000125. The summed E-state index contributed by atoms with van der Waals surface area (Å²) < 4.78 is 40.5. The summed E-state index contributed by atoms with van der Waals surface area (Å²) in [5.74, 6) is 0. The van der Waals surface area contributed by atoms with Gasteiger partial charge in [0.05, 0.1) is 23.6 Å². The molecule has 0 saturated carbocycles. The first-order valence-electron chi connectivity index (χ1n) is 9.92. The molecule has 0 bridgehead atoms. The molecule has 2 aromatic heterocycles. The molecule has 10 heteroatoms. The number of halogens is 4. The largest absolute Gasteiger partial charge is 1.00 e. The molecule has 4 aromatic rings. The second-order valence-electron chi connectivity index (χ2n) is 6.57. The van der Waals surface area contributed by atoms with Crippen LogP contribution in [0.25, 0.3) is 33.8 Å². The average molecular weight is 563 g/mol. The van der Waals surface area contributed by atoms with Gasteiger partial charge in [0.1, 0.15) is 0 Å². The van der Waals surface area contributed by atoms with E-state index in [1.165, 1.54) is 16.6 Å². The van der Waals surface area contributed by atoms with Gasteiger partial charge in [-0.25, -0.2) is 9.50 Å². The summed E-state index contributed by atoms with van der Waals surface area (Å²) in [7, 11) is 0. The first-order chi connectivity index (χ1) is 15.3. The molecule has 5 nitrogen and oxygen atoms in total. The van der Waals surface area contributed by atoms with Gasteiger partial charge in [0.2, 0.25) is 0 Å². The van der Waals surface area contributed by atoms with Crippen LogP contribution in [-0.2, 0) is 38.8 Å². The topological polar surface area (TPSA) is 74.2 Å². The standard InChI is InChI=1S/C21H15ClF3N4O.C2H6.Ru/c22-17-4-2-1-3-14(17)16-10-27-20-15(9-26)18(11-30)28-29(20)19(16)12-5-7-13(8-6-12)21(23,24)25;1-2;/h1-8,10,26,30H,9,11H2;1-2H3;/q-1;;+1. The maximum absolute atomic E-state index is 13.0. The average Bonchev–Trinajstić information content (AvgIpc) is 3.17. The van der Waals surface area contributed by atoms with Crippen molar-refractivity contribution in [3.05, 3.63) is 82.3 Å². The Kier molecular flexibility index (Phi) is 9.15. The fraction of sp³-hybridized carbons (Fsp3) is 0.217. The van der Waals surface area contributed by atoms with Crippen LogP contribution in [0.3, 0.4) is 0 Å². The van der Waals surface area contributed by atoms with Gasteiger partial charge in [0.15, 0.2) is 5.65 Å². The van der Waals surface area contributed by atoms with E-state index in [0.717, 1.165) is 12.1 Å². The first-order valence-corrected chi connectivity index (χ1v) is 10.3. The second kappa shape index (κ2) is 11.2. The molecule has 0 saturated heterocycles. The molecule has 0 aliphatic heterocycles. The summed E-state index contributed by atoms with van der Waals surface area (Å²) in [6, 6.07) is 11.8. The van der Waals surface area contributed by atoms with E-state index in [2.05, 4.69) is 10.1 Å². The van der Waals surface area contributed by atoms with Crippen LogP contribution in [0.4, 0.5) is 13.2 Å². The number of alkyl halides is 3. The van der Waals surface area contributed by atoms with E-state index < -0.39 is 11.7 Å². The van der Waals surface area contributed by atoms with Crippen molar-refractivity contribution in [2.75, 3.05) is 0 Å². The Labute approximate surface area is 207 Å². The zero-order valence-corrected chi connectivity index (χ0v) is 20.3. The third-order valence-corrected chi connectivity index (χ3v) is 5.13. The summed E-state index contributed by atoms with van der Waals surface area (Å²) in [5, 5.41) is 14.5. The van der Waals surface area contributed by atoms with Crippen molar-refractivity contribution < 1.29 is 37.8 Å². The second-order valence-corrected chi connectivity index (χ2v) is 6.98. The summed E-state index contributed by atoms with van der Waals surface area (Å²) >= 11 is 6.37. The van der Waals surface area contributed by atoms with Gasteiger partial charge < -0.3 is 10.8 Å². The SMILES string of the molecule is CC.[NH-]Cc1c(CO)nn2c(-c3ccc(C(F)(F)F)cc3)c(-c3ccccc3Cl)cnc12.[Ru+]. The van der Waals surface area contributed by atoms with Crippen molar-refractivity contribution in [2.24, 2.45) is 0 Å². The molecule has 0 aliphatic rings. The molecule has 2 heterocycles. The van der Waals surface area contributed by atoms with E-state index >= 15 is 0 Å². The Hall–Kier alpha value is -2.32. The van der Waals surface area contributed by atoms with Crippen molar-refractivity contribution in [2.45, 2.75) is 33.2 Å². The minimum absolute atomic E-state index is 0. The van der Waals surface area contributed by atoms with Crippen LogP contribution in [0.2, 0.25) is 5.02 Å². The van der Waals surface area contributed by atoms with Crippen LogP contribution in [0.5, 0.6) is 0 Å². The summed E-state index contributed by atoms with van der Waals surface area (Å²) in [5.41, 5.74) is 10.2. The molecule has 0 aliphatic carbocycles. The Bertz CT molecular complexity index is 1230. The maximum atomic E-state index is 13.0. The molecular formula is C23H21ClF3N4ORu. The Morgan fingerprint density at radius 2 is 1.67 bits per heavy atom. The van der Waals surface area contributed by atoms with Gasteiger partial charge >= 0.3 is 25.7 Å². The molecule has 0 unspecified atom stereocenters. The molecule has 4 rings (SSSR count). The van der Waals surface area contributed by atoms with E-state index in [4.69, 9.17) is 17.3 Å². The van der Waals surface area contributed by atoms with Crippen LogP contribution in [-0.4, -0.2) is 19.7 Å². The zero-order valence-electron chi connectivity index (χ0n) is 17.8. The van der Waals surface area contributed by atoms with Crippen LogP contribution < -0.4 is 0 Å². The van der Waals surface area contributed by atoms with Crippen molar-refractivity contribution in [3.63, 3.8) is 0 Å². The van der Waals surface area contributed by atoms with Gasteiger partial charge in [0.25, 0.3) is 0 Å². The number of aliphatic hydroxyl groups is 1. The van der Waals surface area contributed by atoms with E-state index in [1.54, 1.807) is 30.5 Å². The van der Waals surface area contributed by atoms with Gasteiger partial charge in [-0.05, 0) is 18.2 Å². The smallest absolute Gasteiger partial charge is 0.673 e. The summed E-state index contributed by atoms with van der Waals surface area (Å²) in [4.78, 5) is 4.41. The van der Waals surface area contributed by atoms with Gasteiger partial charge in [-0.1, -0.05) is 55.8 Å². The maximum Gasteiger partial charge on any atom is 1.00 e.